The van der Waals surface area contributed by atoms with Crippen molar-refractivity contribution in [3.05, 3.63) is 0 Å². The Morgan fingerprint density at radius 3 is 1.00 bits per heavy atom. The summed E-state index contributed by atoms with van der Waals surface area (Å²) in [5.41, 5.74) is 0. The molecule has 0 saturated carbocycles. The summed E-state index contributed by atoms with van der Waals surface area (Å²) in [7, 11) is 0. The van der Waals surface area contributed by atoms with Crippen LogP contribution in [0.25, 0.3) is 0 Å². The molecule has 0 bridgehead atoms. The monoisotopic (exact) mass is 292 g/mol. The maximum Gasteiger partial charge on any atom is 0 e. The Morgan fingerprint density at radius 1 is 1.00 bits per heavy atom. The first-order chi connectivity index (χ1) is 2.00. The normalized spacial score (nSPS) is 7.25. The van der Waals surface area contributed by atoms with Crippen molar-refractivity contribution < 1.29 is 18.6 Å². The van der Waals surface area contributed by atoms with Crippen LogP contribution in [0.4, 0.5) is 0 Å². The topological polar surface area (TPSA) is 106 Å². The fraction of sp³-hybridized carbons (Fsp3) is 0. The second-order valence-corrected chi connectivity index (χ2v) is 3.00. The van der Waals surface area contributed by atoms with Crippen molar-refractivity contribution in [3.63, 3.8) is 0 Å². The summed E-state index contributed by atoms with van der Waals surface area (Å²) in [6, 6.07) is 0. The van der Waals surface area contributed by atoms with Gasteiger partial charge in [0, 0.05) is 103 Å². The van der Waals surface area contributed by atoms with Crippen LogP contribution in [0.2, 0.25) is 0 Å². The molecular weight excluding hydrogens is 286 g/mol. The Kier molecular flexibility index (Phi) is 29.7. The molecule has 42 valence electrons. The van der Waals surface area contributed by atoms with Gasteiger partial charge in [-0.15, -0.1) is 0 Å². The van der Waals surface area contributed by atoms with Crippen LogP contribution < -0.4 is 0 Å². The van der Waals surface area contributed by atoms with Gasteiger partial charge in [-0.1, -0.05) is 0 Å². The minimum absolute atomic E-state index is 0. The Bertz CT molecular complexity index is 93.6. The van der Waals surface area contributed by atoms with Crippen molar-refractivity contribution in [1.82, 2.24) is 0 Å². The summed E-state index contributed by atoms with van der Waals surface area (Å²) < 4.78 is 32.0. The first kappa shape index (κ1) is 22.6. The van der Waals surface area contributed by atoms with Crippen LogP contribution in [0.3, 0.4) is 0 Å². The van der Waals surface area contributed by atoms with Crippen molar-refractivity contribution in [2.75, 3.05) is 0 Å². The molecule has 0 aromatic rings. The molecule has 2 radical (unpaired) electrons. The zero-order valence-electron chi connectivity index (χ0n) is 4.62. The van der Waals surface area contributed by atoms with E-state index < -0.39 is 19.0 Å². The fourth-order valence-electron chi connectivity index (χ4n) is 0. The van der Waals surface area contributed by atoms with Crippen LogP contribution in [0.5, 0.6) is 0 Å². The minimum atomic E-state index is -5.52. The van der Waals surface area contributed by atoms with Crippen LogP contribution in [-0.2, 0) is 6.21 Å². The van der Waals surface area contributed by atoms with Gasteiger partial charge in [-0.25, -0.2) is 0 Å². The maximum absolute atomic E-state index is 8.85. The summed E-state index contributed by atoms with van der Waals surface area (Å²) in [6.07, 6.45) is 0. The average Bonchev–Trinajstić information content (AvgIpc) is 0.722. The Hall–Kier alpha value is 3.54. The molecule has 0 aromatic carbocycles. The Morgan fingerprint density at radius 2 is 1.00 bits per heavy atom. The third kappa shape index (κ3) is 55.5. The average molecular weight is 290 g/mol. The van der Waals surface area contributed by atoms with E-state index in [2.05, 4.69) is 0 Å². The maximum atomic E-state index is 8.85. The number of hydrogen-bond acceptors (Lipinski definition) is 2. The van der Waals surface area contributed by atoms with E-state index in [1.54, 1.807) is 0 Å². The molecule has 4 N–H and O–H groups in total. The number of hydrogen-bond donors (Lipinski definition) is 2. The van der Waals surface area contributed by atoms with Gasteiger partial charge in [0.2, 0.25) is 0 Å². The standard InChI is InChI=1S/2K.H2O4Te.H2O/c;;1-5(2,3)4;/h;;(H2,1,2,3,4);1H2. The predicted molar refractivity (Wildman–Crippen MR) is 26.7 cm³/mol. The molecule has 0 saturated heterocycles. The van der Waals surface area contributed by atoms with Gasteiger partial charge in [0.05, 0.1) is 0 Å². The zero-order valence-corrected chi connectivity index (χ0v) is 13.2. The zero-order chi connectivity index (χ0) is 4.50. The fourth-order valence-corrected chi connectivity index (χ4v) is 0. The Labute approximate surface area is 136 Å². The van der Waals surface area contributed by atoms with Crippen LogP contribution in [0.15, 0.2) is 0 Å². The van der Waals surface area contributed by atoms with Crippen LogP contribution in [0, 0.1) is 0 Å². The van der Waals surface area contributed by atoms with Gasteiger partial charge in [0.15, 0.2) is 0 Å². The first-order valence-corrected chi connectivity index (χ1v) is 4.69. The van der Waals surface area contributed by atoms with Gasteiger partial charge in [-0.3, -0.25) is 0 Å². The van der Waals surface area contributed by atoms with Gasteiger partial charge >= 0.3 is 32.1 Å². The molecule has 0 aliphatic carbocycles. The molecule has 8 heteroatoms. The largest absolute Gasteiger partial charge is 0 e. The summed E-state index contributed by atoms with van der Waals surface area (Å²) >= 11 is -5.52. The molecule has 0 spiro atoms. The second-order valence-electron chi connectivity index (χ2n) is 0.448. The molecule has 0 amide bonds. The van der Waals surface area contributed by atoms with E-state index in [0.29, 0.717) is 0 Å². The van der Waals surface area contributed by atoms with Crippen LogP contribution >= 0.6 is 0 Å². The molecule has 0 fully saturated rings. The summed E-state index contributed by atoms with van der Waals surface area (Å²) in [5.74, 6) is 0. The summed E-state index contributed by atoms with van der Waals surface area (Å²) in [6.45, 7) is 0. The van der Waals surface area contributed by atoms with E-state index in [1.165, 1.54) is 0 Å². The molecule has 0 unspecified atom stereocenters. The van der Waals surface area contributed by atoms with E-state index in [4.69, 9.17) is 13.2 Å². The third-order valence-corrected chi connectivity index (χ3v) is 0. The van der Waals surface area contributed by atoms with Gasteiger partial charge in [0.25, 0.3) is 0 Å². The smallest absolute Gasteiger partial charge is 0 e. The molecule has 0 rings (SSSR count). The predicted octanol–water partition coefficient (Wildman–Crippen LogP) is -3.32. The van der Waals surface area contributed by atoms with E-state index in [0.717, 1.165) is 0 Å². The van der Waals surface area contributed by atoms with Gasteiger partial charge < -0.3 is 5.48 Å². The molecule has 0 atom stereocenters. The summed E-state index contributed by atoms with van der Waals surface area (Å²) in [5, 5.41) is 0. The molecular formula is H4K2O5Te. The van der Waals surface area contributed by atoms with Crippen molar-refractivity contribution in [2.45, 2.75) is 0 Å². The van der Waals surface area contributed by atoms with Crippen molar-refractivity contribution in [2.24, 2.45) is 0 Å². The van der Waals surface area contributed by atoms with Crippen molar-refractivity contribution in [1.29, 1.82) is 0 Å². The van der Waals surface area contributed by atoms with Crippen molar-refractivity contribution in [3.8, 4) is 0 Å². The molecule has 8 heavy (non-hydrogen) atoms. The van der Waals surface area contributed by atoms with E-state index in [1.807, 2.05) is 0 Å². The third-order valence-electron chi connectivity index (χ3n) is 0. The van der Waals surface area contributed by atoms with Crippen molar-refractivity contribution >= 4 is 122 Å². The first-order valence-electron chi connectivity index (χ1n) is 0.698. The van der Waals surface area contributed by atoms with Crippen LogP contribution in [-0.4, -0.2) is 134 Å². The van der Waals surface area contributed by atoms with Gasteiger partial charge in [-0.05, 0) is 0 Å². The SMILES string of the molecule is O.O=[Te](=O)(O)O.[K].[K]. The van der Waals surface area contributed by atoms with E-state index >= 15 is 0 Å². The molecule has 0 heterocycles. The van der Waals surface area contributed by atoms with Gasteiger partial charge in [-0.2, -0.15) is 0 Å². The van der Waals surface area contributed by atoms with Gasteiger partial charge in [0.1, 0.15) is 0 Å². The van der Waals surface area contributed by atoms with Crippen LogP contribution in [0.1, 0.15) is 0 Å². The van der Waals surface area contributed by atoms with E-state index in [9.17, 15) is 0 Å². The number of rotatable bonds is 0. The molecule has 0 aromatic heterocycles. The quantitative estimate of drug-likeness (QED) is 0.455. The Balaban J connectivity index is -0.0000000267. The molecule has 0 aliphatic rings. The molecule has 5 nitrogen and oxygen atoms in total. The summed E-state index contributed by atoms with van der Waals surface area (Å²) in [4.78, 5) is 0. The second kappa shape index (κ2) is 10.5. The minimum Gasteiger partial charge on any atom is 0 e. The van der Waals surface area contributed by atoms with E-state index in [-0.39, 0.29) is 108 Å². The molecule has 0 aliphatic heterocycles.